The molecule has 3 N–H and O–H groups in total. The molecule has 1 aromatic carbocycles. The van der Waals surface area contributed by atoms with Crippen molar-refractivity contribution in [2.75, 3.05) is 11.1 Å². The highest BCUT2D eigenvalue weighted by atomic mass is 79.9. The molecule has 0 radical (unpaired) electrons. The van der Waals surface area contributed by atoms with Crippen molar-refractivity contribution in [1.29, 1.82) is 0 Å². The number of anilines is 2. The van der Waals surface area contributed by atoms with Gasteiger partial charge in [-0.05, 0) is 40.2 Å². The Morgan fingerprint density at radius 2 is 2.11 bits per heavy atom. The zero-order valence-electron chi connectivity index (χ0n) is 9.15. The number of nitrogens with zero attached hydrogens (tertiary/aromatic N) is 1. The van der Waals surface area contributed by atoms with Crippen molar-refractivity contribution in [1.82, 2.24) is 4.98 Å². The summed E-state index contributed by atoms with van der Waals surface area (Å²) >= 11 is 8.95. The van der Waals surface area contributed by atoms with Crippen LogP contribution in [0.4, 0.5) is 11.4 Å². The summed E-state index contributed by atoms with van der Waals surface area (Å²) in [6.07, 6.45) is 1.49. The smallest absolute Gasteiger partial charge is 0.256 e. The first-order valence-electron chi connectivity index (χ1n) is 5.05. The van der Waals surface area contributed by atoms with E-state index in [4.69, 9.17) is 17.3 Å². The third-order valence-electron chi connectivity index (χ3n) is 2.26. The molecule has 0 aliphatic heterocycles. The van der Waals surface area contributed by atoms with Gasteiger partial charge in [0.1, 0.15) is 5.15 Å². The monoisotopic (exact) mass is 325 g/mol. The fraction of sp³-hybridized carbons (Fsp3) is 0. The number of rotatable bonds is 2. The van der Waals surface area contributed by atoms with Gasteiger partial charge in [-0.2, -0.15) is 0 Å². The maximum atomic E-state index is 12.0. The number of carbonyl (C=O) groups is 1. The zero-order chi connectivity index (χ0) is 13.1. The van der Waals surface area contributed by atoms with Crippen LogP contribution in [0.5, 0.6) is 0 Å². The first-order chi connectivity index (χ1) is 8.58. The normalized spacial score (nSPS) is 10.1. The second-order valence-corrected chi connectivity index (χ2v) is 4.71. The number of pyridine rings is 1. The Labute approximate surface area is 117 Å². The van der Waals surface area contributed by atoms with Gasteiger partial charge in [-0.25, -0.2) is 4.98 Å². The summed E-state index contributed by atoms with van der Waals surface area (Å²) in [6.45, 7) is 0. The van der Waals surface area contributed by atoms with Gasteiger partial charge >= 0.3 is 0 Å². The van der Waals surface area contributed by atoms with Crippen molar-refractivity contribution in [3.8, 4) is 0 Å². The molecule has 2 aromatic rings. The van der Waals surface area contributed by atoms with E-state index < -0.39 is 0 Å². The average Bonchev–Trinajstić information content (AvgIpc) is 2.35. The first kappa shape index (κ1) is 12.9. The second-order valence-electron chi connectivity index (χ2n) is 3.53. The number of aromatic nitrogens is 1. The molecular weight excluding hydrogens is 318 g/mol. The Balaban J connectivity index is 2.22. The topological polar surface area (TPSA) is 68.0 Å². The minimum absolute atomic E-state index is 0.265. The van der Waals surface area contributed by atoms with Gasteiger partial charge in [-0.1, -0.05) is 17.7 Å². The predicted molar refractivity (Wildman–Crippen MR) is 75.8 cm³/mol. The summed E-state index contributed by atoms with van der Waals surface area (Å²) in [5, 5.41) is 3.08. The summed E-state index contributed by atoms with van der Waals surface area (Å²) in [4.78, 5) is 15.9. The number of hydrogen-bond donors (Lipinski definition) is 2. The quantitative estimate of drug-likeness (QED) is 0.657. The highest BCUT2D eigenvalue weighted by Gasteiger charge is 2.11. The van der Waals surface area contributed by atoms with Crippen LogP contribution in [-0.2, 0) is 0 Å². The van der Waals surface area contributed by atoms with Gasteiger partial charge in [-0.3, -0.25) is 4.79 Å². The molecule has 2 rings (SSSR count). The van der Waals surface area contributed by atoms with Gasteiger partial charge in [0.25, 0.3) is 5.91 Å². The maximum absolute atomic E-state index is 12.0. The minimum atomic E-state index is -0.265. The highest BCUT2D eigenvalue weighted by Crippen LogP contribution is 2.24. The Hall–Kier alpha value is -1.59. The number of nitrogen functional groups attached to an aromatic ring is 1. The SMILES string of the molecule is Nc1cccc(C(=O)Nc2ccc(Cl)nc2)c1Br. The van der Waals surface area contributed by atoms with Crippen molar-refractivity contribution < 1.29 is 4.79 Å². The first-order valence-corrected chi connectivity index (χ1v) is 6.22. The van der Waals surface area contributed by atoms with Crippen LogP contribution in [0.1, 0.15) is 10.4 Å². The van der Waals surface area contributed by atoms with Gasteiger partial charge in [0.15, 0.2) is 0 Å². The van der Waals surface area contributed by atoms with E-state index in [0.29, 0.717) is 26.6 Å². The summed E-state index contributed by atoms with van der Waals surface area (Å²) in [6, 6.07) is 8.39. The third kappa shape index (κ3) is 2.80. The molecule has 0 spiro atoms. The standard InChI is InChI=1S/C12H9BrClN3O/c13-11-8(2-1-3-9(11)15)12(18)17-7-4-5-10(14)16-6-7/h1-6H,15H2,(H,17,18). The molecule has 0 aliphatic rings. The number of hydrogen-bond acceptors (Lipinski definition) is 3. The summed E-state index contributed by atoms with van der Waals surface area (Å²) in [5.41, 5.74) is 7.26. The maximum Gasteiger partial charge on any atom is 0.256 e. The summed E-state index contributed by atoms with van der Waals surface area (Å²) in [7, 11) is 0. The molecule has 1 amide bonds. The van der Waals surface area contributed by atoms with Crippen LogP contribution in [0.3, 0.4) is 0 Å². The molecule has 4 nitrogen and oxygen atoms in total. The van der Waals surface area contributed by atoms with Crippen molar-refractivity contribution in [2.24, 2.45) is 0 Å². The fourth-order valence-corrected chi connectivity index (χ4v) is 1.93. The molecule has 1 aromatic heterocycles. The average molecular weight is 327 g/mol. The van der Waals surface area contributed by atoms with E-state index in [2.05, 4.69) is 26.2 Å². The van der Waals surface area contributed by atoms with E-state index >= 15 is 0 Å². The van der Waals surface area contributed by atoms with E-state index in [1.807, 2.05) is 0 Å². The Morgan fingerprint density at radius 3 is 2.78 bits per heavy atom. The van der Waals surface area contributed by atoms with Crippen LogP contribution in [0.15, 0.2) is 41.0 Å². The molecule has 0 fully saturated rings. The number of benzene rings is 1. The molecule has 1 heterocycles. The Kier molecular flexibility index (Phi) is 3.84. The lowest BCUT2D eigenvalue weighted by Gasteiger charge is -2.08. The number of amides is 1. The molecule has 92 valence electrons. The molecule has 18 heavy (non-hydrogen) atoms. The molecule has 0 saturated carbocycles. The van der Waals surface area contributed by atoms with Crippen molar-refractivity contribution in [2.45, 2.75) is 0 Å². The summed E-state index contributed by atoms with van der Waals surface area (Å²) in [5.74, 6) is -0.265. The molecule has 6 heteroatoms. The molecule has 0 saturated heterocycles. The van der Waals surface area contributed by atoms with Gasteiger partial charge in [0.05, 0.1) is 21.9 Å². The van der Waals surface area contributed by atoms with Crippen molar-refractivity contribution in [3.63, 3.8) is 0 Å². The van der Waals surface area contributed by atoms with Crippen LogP contribution >= 0.6 is 27.5 Å². The van der Waals surface area contributed by atoms with Gasteiger partial charge in [0.2, 0.25) is 0 Å². The minimum Gasteiger partial charge on any atom is -0.398 e. The molecule has 0 bridgehead atoms. The van der Waals surface area contributed by atoms with Crippen molar-refractivity contribution in [3.05, 3.63) is 51.7 Å². The van der Waals surface area contributed by atoms with Gasteiger partial charge < -0.3 is 11.1 Å². The number of nitrogens with one attached hydrogen (secondary N) is 1. The molecule has 0 atom stereocenters. The van der Waals surface area contributed by atoms with E-state index in [1.165, 1.54) is 6.20 Å². The molecular formula is C12H9BrClN3O. The number of carbonyl (C=O) groups excluding carboxylic acids is 1. The van der Waals surface area contributed by atoms with E-state index in [-0.39, 0.29) is 5.91 Å². The molecule has 0 unspecified atom stereocenters. The fourth-order valence-electron chi connectivity index (χ4n) is 1.37. The van der Waals surface area contributed by atoms with Crippen LogP contribution in [-0.4, -0.2) is 10.9 Å². The molecule has 0 aliphatic carbocycles. The predicted octanol–water partition coefficient (Wildman–Crippen LogP) is 3.33. The lowest BCUT2D eigenvalue weighted by atomic mass is 10.2. The van der Waals surface area contributed by atoms with Gasteiger partial charge in [-0.15, -0.1) is 0 Å². The number of halogens is 2. The van der Waals surface area contributed by atoms with Crippen LogP contribution in [0.25, 0.3) is 0 Å². The third-order valence-corrected chi connectivity index (χ3v) is 3.37. The van der Waals surface area contributed by atoms with E-state index in [9.17, 15) is 4.79 Å². The van der Waals surface area contributed by atoms with Crippen LogP contribution < -0.4 is 11.1 Å². The van der Waals surface area contributed by atoms with Crippen molar-refractivity contribution >= 4 is 44.8 Å². The van der Waals surface area contributed by atoms with E-state index in [1.54, 1.807) is 30.3 Å². The Morgan fingerprint density at radius 1 is 1.33 bits per heavy atom. The number of nitrogens with two attached hydrogens (primary N) is 1. The van der Waals surface area contributed by atoms with Crippen LogP contribution in [0, 0.1) is 0 Å². The second kappa shape index (κ2) is 5.37. The Bertz CT molecular complexity index is 586. The largest absolute Gasteiger partial charge is 0.398 e. The lowest BCUT2D eigenvalue weighted by Crippen LogP contribution is -2.13. The summed E-state index contributed by atoms with van der Waals surface area (Å²) < 4.78 is 0.574. The zero-order valence-corrected chi connectivity index (χ0v) is 11.5. The van der Waals surface area contributed by atoms with E-state index in [0.717, 1.165) is 0 Å². The highest BCUT2D eigenvalue weighted by molar-refractivity contribution is 9.10. The lowest BCUT2D eigenvalue weighted by molar-refractivity contribution is 0.102. The van der Waals surface area contributed by atoms with Crippen LogP contribution in [0.2, 0.25) is 5.15 Å². The van der Waals surface area contributed by atoms with Gasteiger partial charge in [0, 0.05) is 5.69 Å².